The predicted molar refractivity (Wildman–Crippen MR) is 113 cm³/mol. The molecule has 2 aromatic carbocycles. The molecule has 0 bridgehead atoms. The number of benzene rings is 2. The van der Waals surface area contributed by atoms with Gasteiger partial charge in [-0.3, -0.25) is 4.79 Å². The third kappa shape index (κ3) is 4.66. The topological polar surface area (TPSA) is 56.1 Å². The zero-order valence-electron chi connectivity index (χ0n) is 15.7. The van der Waals surface area contributed by atoms with Crippen molar-refractivity contribution in [1.82, 2.24) is 9.78 Å². The van der Waals surface area contributed by atoms with E-state index in [9.17, 15) is 4.79 Å². The number of nitrogens with one attached hydrogen (secondary N) is 1. The first kappa shape index (κ1) is 20.2. The van der Waals surface area contributed by atoms with E-state index in [1.807, 2.05) is 30.3 Å². The van der Waals surface area contributed by atoms with Gasteiger partial charge in [-0.05, 0) is 43.7 Å². The van der Waals surface area contributed by atoms with Crippen molar-refractivity contribution in [1.29, 1.82) is 0 Å². The number of nitrogens with zero attached hydrogens (tertiary/aromatic N) is 2. The Labute approximate surface area is 174 Å². The fourth-order valence-corrected chi connectivity index (χ4v) is 3.40. The van der Waals surface area contributed by atoms with E-state index in [4.69, 9.17) is 27.9 Å². The van der Waals surface area contributed by atoms with Crippen LogP contribution in [0.4, 0.5) is 5.69 Å². The van der Waals surface area contributed by atoms with Gasteiger partial charge < -0.3 is 10.1 Å². The van der Waals surface area contributed by atoms with Gasteiger partial charge in [-0.2, -0.15) is 5.10 Å². The van der Waals surface area contributed by atoms with Crippen LogP contribution in [0.25, 0.3) is 0 Å². The summed E-state index contributed by atoms with van der Waals surface area (Å²) in [5.74, 6) is 0.206. The van der Waals surface area contributed by atoms with Gasteiger partial charge in [-0.15, -0.1) is 0 Å². The molecule has 3 rings (SSSR count). The second-order valence-corrected chi connectivity index (χ2v) is 7.18. The summed E-state index contributed by atoms with van der Waals surface area (Å²) in [7, 11) is 1.75. The Morgan fingerprint density at radius 3 is 2.64 bits per heavy atom. The maximum Gasteiger partial charge on any atom is 0.223 e. The van der Waals surface area contributed by atoms with Gasteiger partial charge in [0.1, 0.15) is 5.56 Å². The number of halogens is 2. The highest BCUT2D eigenvalue weighted by Crippen LogP contribution is 2.29. The monoisotopic (exact) mass is 417 g/mol. The lowest BCUT2D eigenvalue weighted by molar-refractivity contribution is 0.103. The van der Waals surface area contributed by atoms with Gasteiger partial charge in [-0.1, -0.05) is 41.4 Å². The second kappa shape index (κ2) is 9.13. The van der Waals surface area contributed by atoms with Crippen LogP contribution >= 0.6 is 23.2 Å². The molecule has 3 aromatic rings. The average molecular weight is 418 g/mol. The first-order valence-corrected chi connectivity index (χ1v) is 9.68. The van der Waals surface area contributed by atoms with E-state index in [2.05, 4.69) is 10.4 Å². The van der Waals surface area contributed by atoms with Crippen molar-refractivity contribution in [3.05, 3.63) is 75.4 Å². The lowest BCUT2D eigenvalue weighted by Crippen LogP contribution is -2.11. The molecule has 0 saturated heterocycles. The molecule has 1 aromatic heterocycles. The molecule has 0 atom stereocenters. The van der Waals surface area contributed by atoms with Crippen molar-refractivity contribution in [3.8, 4) is 5.88 Å². The number of carbonyl (C=O) groups is 1. The summed E-state index contributed by atoms with van der Waals surface area (Å²) in [5, 5.41) is 8.45. The van der Waals surface area contributed by atoms with Crippen LogP contribution in [-0.4, -0.2) is 28.7 Å². The smallest absolute Gasteiger partial charge is 0.223 e. The van der Waals surface area contributed by atoms with Crippen molar-refractivity contribution in [3.63, 3.8) is 0 Å². The van der Waals surface area contributed by atoms with Gasteiger partial charge in [0.15, 0.2) is 0 Å². The van der Waals surface area contributed by atoms with Crippen LogP contribution in [-0.2, 0) is 7.05 Å². The zero-order valence-corrected chi connectivity index (χ0v) is 17.2. The van der Waals surface area contributed by atoms with E-state index in [1.165, 1.54) is 0 Å². The van der Waals surface area contributed by atoms with Crippen molar-refractivity contribution >= 4 is 34.7 Å². The van der Waals surface area contributed by atoms with Gasteiger partial charge >= 0.3 is 0 Å². The Morgan fingerprint density at radius 1 is 1.18 bits per heavy atom. The van der Waals surface area contributed by atoms with Gasteiger partial charge in [0.2, 0.25) is 11.7 Å². The Bertz CT molecular complexity index is 971. The first-order chi connectivity index (χ1) is 13.5. The van der Waals surface area contributed by atoms with Crippen LogP contribution in [0.2, 0.25) is 10.0 Å². The molecular weight excluding hydrogens is 397 g/mol. The molecule has 5 nitrogen and oxygen atoms in total. The molecule has 0 spiro atoms. The lowest BCUT2D eigenvalue weighted by Gasteiger charge is -2.10. The molecule has 0 aliphatic heterocycles. The molecule has 146 valence electrons. The fraction of sp³-hybridized carbons (Fsp3) is 0.238. The van der Waals surface area contributed by atoms with Crippen molar-refractivity contribution in [2.24, 2.45) is 7.05 Å². The van der Waals surface area contributed by atoms with Crippen LogP contribution in [0.5, 0.6) is 5.88 Å². The number of ether oxygens (including phenoxy) is 1. The van der Waals surface area contributed by atoms with Crippen LogP contribution < -0.4 is 10.1 Å². The van der Waals surface area contributed by atoms with Crippen LogP contribution in [0.3, 0.4) is 0 Å². The second-order valence-electron chi connectivity index (χ2n) is 6.34. The largest absolute Gasteiger partial charge is 0.477 e. The molecule has 0 saturated carbocycles. The maximum atomic E-state index is 13.0. The van der Waals surface area contributed by atoms with E-state index >= 15 is 0 Å². The fourth-order valence-electron chi connectivity index (χ4n) is 2.90. The first-order valence-electron chi connectivity index (χ1n) is 8.92. The van der Waals surface area contributed by atoms with E-state index in [0.29, 0.717) is 39.4 Å². The standard InChI is InChI=1S/C21H21Cl2N3O2/c1-14-19(20(27)17-10-9-15(22)13-18(17)23)21(26(2)25-14)28-12-6-11-24-16-7-4-3-5-8-16/h3-5,7-10,13,24H,6,11-12H2,1-2H3. The molecule has 0 radical (unpaired) electrons. The molecule has 7 heteroatoms. The molecule has 0 aliphatic carbocycles. The summed E-state index contributed by atoms with van der Waals surface area (Å²) in [4.78, 5) is 13.0. The summed E-state index contributed by atoms with van der Waals surface area (Å²) in [6, 6.07) is 14.8. The number of rotatable bonds is 8. The highest BCUT2D eigenvalue weighted by atomic mass is 35.5. The van der Waals surface area contributed by atoms with Gasteiger partial charge in [0.25, 0.3) is 0 Å². The number of hydrogen-bond donors (Lipinski definition) is 1. The number of anilines is 1. The SMILES string of the molecule is Cc1nn(C)c(OCCCNc2ccccc2)c1C(=O)c1ccc(Cl)cc1Cl. The van der Waals surface area contributed by atoms with E-state index < -0.39 is 0 Å². The molecule has 28 heavy (non-hydrogen) atoms. The minimum absolute atomic E-state index is 0.232. The highest BCUT2D eigenvalue weighted by Gasteiger charge is 2.24. The minimum Gasteiger partial charge on any atom is -0.477 e. The quantitative estimate of drug-likeness (QED) is 0.406. The van der Waals surface area contributed by atoms with Crippen molar-refractivity contribution in [2.45, 2.75) is 13.3 Å². The van der Waals surface area contributed by atoms with E-state index in [1.54, 1.807) is 36.9 Å². The van der Waals surface area contributed by atoms with Crippen LogP contribution in [0, 0.1) is 6.92 Å². The highest BCUT2D eigenvalue weighted by molar-refractivity contribution is 6.37. The Kier molecular flexibility index (Phi) is 6.60. The molecule has 0 unspecified atom stereocenters. The molecule has 0 aliphatic rings. The Hall–Kier alpha value is -2.50. The third-order valence-corrected chi connectivity index (χ3v) is 4.78. The predicted octanol–water partition coefficient (Wildman–Crippen LogP) is 5.15. The van der Waals surface area contributed by atoms with Gasteiger partial charge in [0, 0.05) is 29.9 Å². The molecule has 1 N–H and O–H groups in total. The van der Waals surface area contributed by atoms with Gasteiger partial charge in [0.05, 0.1) is 17.3 Å². The number of carbonyl (C=O) groups excluding carboxylic acids is 1. The summed E-state index contributed by atoms with van der Waals surface area (Å²) < 4.78 is 7.48. The third-order valence-electron chi connectivity index (χ3n) is 4.24. The summed E-state index contributed by atoms with van der Waals surface area (Å²) in [6.45, 7) is 2.99. The summed E-state index contributed by atoms with van der Waals surface area (Å²) in [5.41, 5.74) is 2.45. The minimum atomic E-state index is -0.232. The Balaban J connectivity index is 1.68. The number of aryl methyl sites for hydroxylation is 2. The van der Waals surface area contributed by atoms with Crippen molar-refractivity contribution < 1.29 is 9.53 Å². The molecule has 1 heterocycles. The van der Waals surface area contributed by atoms with Gasteiger partial charge in [-0.25, -0.2) is 4.68 Å². The zero-order chi connectivity index (χ0) is 20.1. The summed E-state index contributed by atoms with van der Waals surface area (Å²) in [6.07, 6.45) is 0.772. The van der Waals surface area contributed by atoms with E-state index in [0.717, 1.165) is 18.7 Å². The Morgan fingerprint density at radius 2 is 1.93 bits per heavy atom. The number of hydrogen-bond acceptors (Lipinski definition) is 4. The average Bonchev–Trinajstić information content (AvgIpc) is 2.95. The number of aromatic nitrogens is 2. The normalized spacial score (nSPS) is 10.7. The van der Waals surface area contributed by atoms with Crippen molar-refractivity contribution in [2.75, 3.05) is 18.5 Å². The van der Waals surface area contributed by atoms with E-state index in [-0.39, 0.29) is 5.78 Å². The van der Waals surface area contributed by atoms with Crippen LogP contribution in [0.1, 0.15) is 28.0 Å². The maximum absolute atomic E-state index is 13.0. The summed E-state index contributed by atoms with van der Waals surface area (Å²) >= 11 is 12.1. The lowest BCUT2D eigenvalue weighted by atomic mass is 10.0. The molecule has 0 amide bonds. The van der Waals surface area contributed by atoms with Crippen LogP contribution in [0.15, 0.2) is 48.5 Å². The number of ketones is 1. The molecule has 0 fully saturated rings. The molecular formula is C21H21Cl2N3O2. The number of para-hydroxylation sites is 1.